The molecule has 1 atom stereocenters. The van der Waals surface area contributed by atoms with Crippen molar-refractivity contribution in [3.8, 4) is 5.75 Å². The molecule has 30 heavy (non-hydrogen) atoms. The van der Waals surface area contributed by atoms with Gasteiger partial charge >= 0.3 is 12.0 Å². The zero-order chi connectivity index (χ0) is 22.4. The summed E-state index contributed by atoms with van der Waals surface area (Å²) >= 11 is 12.9. The number of halogens is 2. The van der Waals surface area contributed by atoms with Crippen LogP contribution < -0.4 is 15.4 Å². The summed E-state index contributed by atoms with van der Waals surface area (Å²) in [6.07, 6.45) is 2.00. The van der Waals surface area contributed by atoms with Gasteiger partial charge in [0, 0.05) is 5.70 Å². The van der Waals surface area contributed by atoms with Gasteiger partial charge in [-0.15, -0.1) is 0 Å². The van der Waals surface area contributed by atoms with E-state index in [1.807, 2.05) is 20.8 Å². The molecule has 0 aliphatic carbocycles. The predicted octanol–water partition coefficient (Wildman–Crippen LogP) is 5.78. The second-order valence-corrected chi connectivity index (χ2v) is 8.81. The fraction of sp³-hybridized carbons (Fsp3) is 0.545. The Morgan fingerprint density at radius 2 is 1.80 bits per heavy atom. The highest BCUT2D eigenvalue weighted by atomic mass is 35.5. The van der Waals surface area contributed by atoms with Gasteiger partial charge in [0.25, 0.3) is 0 Å². The SMILES string of the molecule is CCCCC1=C(C(=O)OC(C)C)C(c2cc(Cl)c(OCC(C)C)c(Cl)c2)NC(=O)N1. The number of carbonyl (C=O) groups is 2. The summed E-state index contributed by atoms with van der Waals surface area (Å²) in [4.78, 5) is 25.3. The minimum atomic E-state index is -0.731. The number of allylic oxidation sites excluding steroid dienone is 1. The largest absolute Gasteiger partial charge is 0.490 e. The molecule has 2 rings (SSSR count). The summed E-state index contributed by atoms with van der Waals surface area (Å²) in [6, 6.07) is 2.21. The van der Waals surface area contributed by atoms with E-state index in [-0.39, 0.29) is 12.1 Å². The van der Waals surface area contributed by atoms with Crippen LogP contribution in [0.3, 0.4) is 0 Å². The van der Waals surface area contributed by atoms with Crippen LogP contribution in [-0.2, 0) is 9.53 Å². The van der Waals surface area contributed by atoms with Gasteiger partial charge in [0.2, 0.25) is 0 Å². The Kier molecular flexibility index (Phi) is 8.86. The van der Waals surface area contributed by atoms with Crippen molar-refractivity contribution in [2.24, 2.45) is 5.92 Å². The number of ether oxygens (including phenoxy) is 2. The number of benzene rings is 1. The Morgan fingerprint density at radius 1 is 1.17 bits per heavy atom. The Hall–Kier alpha value is -1.92. The Bertz CT molecular complexity index is 798. The molecule has 0 radical (unpaired) electrons. The molecule has 1 unspecified atom stereocenters. The molecule has 1 heterocycles. The van der Waals surface area contributed by atoms with Gasteiger partial charge in [-0.3, -0.25) is 0 Å². The highest BCUT2D eigenvalue weighted by Crippen LogP contribution is 2.39. The molecule has 1 aliphatic rings. The van der Waals surface area contributed by atoms with Crippen molar-refractivity contribution in [2.75, 3.05) is 6.61 Å². The molecule has 6 nitrogen and oxygen atoms in total. The van der Waals surface area contributed by atoms with Crippen molar-refractivity contribution >= 4 is 35.2 Å². The van der Waals surface area contributed by atoms with Gasteiger partial charge in [0.1, 0.15) is 0 Å². The van der Waals surface area contributed by atoms with E-state index in [2.05, 4.69) is 10.6 Å². The number of hydrogen-bond acceptors (Lipinski definition) is 4. The van der Waals surface area contributed by atoms with E-state index in [0.717, 1.165) is 12.8 Å². The van der Waals surface area contributed by atoms with Gasteiger partial charge in [-0.25, -0.2) is 9.59 Å². The highest BCUT2D eigenvalue weighted by Gasteiger charge is 2.34. The van der Waals surface area contributed by atoms with Crippen molar-refractivity contribution in [1.29, 1.82) is 0 Å². The maximum absolute atomic E-state index is 12.9. The molecule has 0 fully saturated rings. The third-order valence-electron chi connectivity index (χ3n) is 4.41. The van der Waals surface area contributed by atoms with Gasteiger partial charge in [0.05, 0.1) is 34.4 Å². The molecule has 8 heteroatoms. The maximum atomic E-state index is 12.9. The van der Waals surface area contributed by atoms with Crippen molar-refractivity contribution in [1.82, 2.24) is 10.6 Å². The van der Waals surface area contributed by atoms with Gasteiger partial charge in [-0.05, 0) is 50.3 Å². The van der Waals surface area contributed by atoms with Crippen LogP contribution in [0.2, 0.25) is 10.0 Å². The van der Waals surface area contributed by atoms with Crippen molar-refractivity contribution in [3.05, 3.63) is 39.0 Å². The van der Waals surface area contributed by atoms with Gasteiger partial charge in [-0.1, -0.05) is 50.4 Å². The van der Waals surface area contributed by atoms with Crippen LogP contribution >= 0.6 is 23.2 Å². The lowest BCUT2D eigenvalue weighted by Crippen LogP contribution is -2.46. The molecule has 0 bridgehead atoms. The minimum absolute atomic E-state index is 0.297. The van der Waals surface area contributed by atoms with E-state index in [1.165, 1.54) is 0 Å². The average Bonchev–Trinajstić information content (AvgIpc) is 2.64. The number of hydrogen-bond donors (Lipinski definition) is 2. The molecule has 1 aromatic carbocycles. The van der Waals surface area contributed by atoms with Crippen LogP contribution in [0, 0.1) is 5.92 Å². The number of urea groups is 1. The first-order valence-corrected chi connectivity index (χ1v) is 11.0. The normalized spacial score (nSPS) is 16.6. The summed E-state index contributed by atoms with van der Waals surface area (Å²) in [5.41, 5.74) is 1.50. The number of unbranched alkanes of at least 4 members (excludes halogenated alkanes) is 1. The van der Waals surface area contributed by atoms with Crippen LogP contribution in [-0.4, -0.2) is 24.7 Å². The molecule has 0 aromatic heterocycles. The lowest BCUT2D eigenvalue weighted by molar-refractivity contribution is -0.143. The maximum Gasteiger partial charge on any atom is 0.338 e. The summed E-state index contributed by atoms with van der Waals surface area (Å²) in [6.45, 7) is 10.1. The van der Waals surface area contributed by atoms with Crippen LogP contribution in [0.4, 0.5) is 4.79 Å². The Morgan fingerprint density at radius 3 is 2.33 bits per heavy atom. The number of carbonyl (C=O) groups excluding carboxylic acids is 2. The molecule has 166 valence electrons. The lowest BCUT2D eigenvalue weighted by Gasteiger charge is -2.30. The fourth-order valence-electron chi connectivity index (χ4n) is 3.07. The first-order chi connectivity index (χ1) is 14.1. The van der Waals surface area contributed by atoms with Crippen LogP contribution in [0.1, 0.15) is 65.5 Å². The molecule has 1 aromatic rings. The Labute approximate surface area is 188 Å². The van der Waals surface area contributed by atoms with E-state index in [0.29, 0.717) is 51.6 Å². The van der Waals surface area contributed by atoms with E-state index in [4.69, 9.17) is 32.7 Å². The molecule has 0 saturated carbocycles. The van der Waals surface area contributed by atoms with E-state index < -0.39 is 12.0 Å². The zero-order valence-electron chi connectivity index (χ0n) is 18.1. The van der Waals surface area contributed by atoms with Crippen LogP contribution in [0.25, 0.3) is 0 Å². The third kappa shape index (κ3) is 6.29. The number of nitrogens with one attached hydrogen (secondary N) is 2. The van der Waals surface area contributed by atoms with E-state index >= 15 is 0 Å². The topological polar surface area (TPSA) is 76.7 Å². The standard InChI is InChI=1S/C22H30Cl2N2O4/c1-6-7-8-17-18(21(27)30-13(4)5)19(26-22(28)25-17)14-9-15(23)20(16(24)10-14)29-11-12(2)3/h9-10,12-13,19H,6-8,11H2,1-5H3,(H2,25,26,28). The van der Waals surface area contributed by atoms with Gasteiger partial charge < -0.3 is 20.1 Å². The van der Waals surface area contributed by atoms with Crippen LogP contribution in [0.5, 0.6) is 5.75 Å². The average molecular weight is 457 g/mol. The zero-order valence-corrected chi connectivity index (χ0v) is 19.6. The molecule has 0 saturated heterocycles. The molecule has 0 spiro atoms. The van der Waals surface area contributed by atoms with Crippen molar-refractivity contribution in [2.45, 2.75) is 66.0 Å². The van der Waals surface area contributed by atoms with E-state index in [1.54, 1.807) is 26.0 Å². The van der Waals surface area contributed by atoms with E-state index in [9.17, 15) is 9.59 Å². The van der Waals surface area contributed by atoms with Crippen molar-refractivity contribution < 1.29 is 19.1 Å². The molecular weight excluding hydrogens is 427 g/mol. The fourth-order valence-corrected chi connectivity index (χ4v) is 3.68. The second-order valence-electron chi connectivity index (χ2n) is 8.00. The first-order valence-electron chi connectivity index (χ1n) is 10.3. The Balaban J connectivity index is 2.49. The molecule has 1 aliphatic heterocycles. The lowest BCUT2D eigenvalue weighted by atomic mass is 9.93. The minimum Gasteiger partial charge on any atom is -0.490 e. The smallest absolute Gasteiger partial charge is 0.338 e. The first kappa shape index (κ1) is 24.4. The number of amides is 2. The molecule has 2 N–H and O–H groups in total. The van der Waals surface area contributed by atoms with Gasteiger partial charge in [-0.2, -0.15) is 0 Å². The molecule has 2 amide bonds. The predicted molar refractivity (Wildman–Crippen MR) is 119 cm³/mol. The monoisotopic (exact) mass is 456 g/mol. The van der Waals surface area contributed by atoms with Crippen molar-refractivity contribution in [3.63, 3.8) is 0 Å². The quantitative estimate of drug-likeness (QED) is 0.461. The number of rotatable bonds is 9. The highest BCUT2D eigenvalue weighted by molar-refractivity contribution is 6.37. The van der Waals surface area contributed by atoms with Gasteiger partial charge in [0.15, 0.2) is 5.75 Å². The second kappa shape index (κ2) is 10.9. The molecular formula is C22H30Cl2N2O4. The third-order valence-corrected chi connectivity index (χ3v) is 4.97. The summed E-state index contributed by atoms with van der Waals surface area (Å²) in [7, 11) is 0. The van der Waals surface area contributed by atoms with Crippen LogP contribution in [0.15, 0.2) is 23.4 Å². The summed E-state index contributed by atoms with van der Waals surface area (Å²) in [5.74, 6) is 0.209. The summed E-state index contributed by atoms with van der Waals surface area (Å²) in [5, 5.41) is 6.20. The summed E-state index contributed by atoms with van der Waals surface area (Å²) < 4.78 is 11.2. The number of esters is 1.